The third kappa shape index (κ3) is 4.90. The van der Waals surface area contributed by atoms with Crippen molar-refractivity contribution in [2.75, 3.05) is 0 Å². The summed E-state index contributed by atoms with van der Waals surface area (Å²) in [7, 11) is 0. The van der Waals surface area contributed by atoms with Crippen molar-refractivity contribution in [2.45, 2.75) is 0 Å². The Hall–Kier alpha value is -7.37. The maximum Gasteiger partial charge on any atom is 0.164 e. The van der Waals surface area contributed by atoms with Gasteiger partial charge in [0.15, 0.2) is 17.5 Å². The van der Waals surface area contributed by atoms with Crippen LogP contribution >= 0.6 is 0 Å². The molecule has 0 radical (unpaired) electrons. The first-order valence-electron chi connectivity index (χ1n) is 18.1. The monoisotopic (exact) mass is 690 g/mol. The van der Waals surface area contributed by atoms with Crippen molar-refractivity contribution < 1.29 is 4.42 Å². The summed E-state index contributed by atoms with van der Waals surface area (Å²) in [4.78, 5) is 15.3. The Balaban J connectivity index is 1.19. The molecule has 8 aromatic carbocycles. The van der Waals surface area contributed by atoms with Gasteiger partial charge in [0.2, 0.25) is 0 Å². The normalized spacial score (nSPS) is 11.7. The Bertz CT molecular complexity index is 3200. The fourth-order valence-electron chi connectivity index (χ4n) is 7.85. The molecule has 0 saturated carbocycles. The van der Waals surface area contributed by atoms with Crippen LogP contribution < -0.4 is 0 Å². The van der Waals surface area contributed by atoms with Crippen LogP contribution in [0.1, 0.15) is 0 Å². The lowest BCUT2D eigenvalue weighted by atomic mass is 10.0. The Morgan fingerprint density at radius 1 is 0.352 bits per heavy atom. The van der Waals surface area contributed by atoms with E-state index in [1.807, 2.05) is 48.5 Å². The van der Waals surface area contributed by atoms with Crippen molar-refractivity contribution >= 4 is 54.5 Å². The highest BCUT2D eigenvalue weighted by molar-refractivity contribution is 6.17. The fraction of sp³-hybridized carbons (Fsp3) is 0. The topological polar surface area (TPSA) is 56.7 Å². The van der Waals surface area contributed by atoms with Gasteiger partial charge in [0.25, 0.3) is 0 Å². The second kappa shape index (κ2) is 12.1. The van der Waals surface area contributed by atoms with Gasteiger partial charge < -0.3 is 8.98 Å². The molecule has 3 heterocycles. The SMILES string of the molecule is c1ccc(-c2ccc(-c3nc(-c4ccccc4)nc(-c4cc(-n5c6ccccc6c6cc7ccccc7cc65)c5c(c4)oc4ccccc45)n3)cc2)cc1. The van der Waals surface area contributed by atoms with Crippen LogP contribution in [0, 0.1) is 0 Å². The van der Waals surface area contributed by atoms with E-state index in [0.29, 0.717) is 17.5 Å². The molecule has 0 fully saturated rings. The molecule has 0 aliphatic carbocycles. The molecule has 0 atom stereocenters. The van der Waals surface area contributed by atoms with Gasteiger partial charge in [0.1, 0.15) is 11.2 Å². The van der Waals surface area contributed by atoms with E-state index in [0.717, 1.165) is 66.5 Å². The molecule has 252 valence electrons. The predicted molar refractivity (Wildman–Crippen MR) is 221 cm³/mol. The summed E-state index contributed by atoms with van der Waals surface area (Å²) in [6.45, 7) is 0. The van der Waals surface area contributed by atoms with Crippen LogP contribution in [0.4, 0.5) is 0 Å². The lowest BCUT2D eigenvalue weighted by molar-refractivity contribution is 0.669. The van der Waals surface area contributed by atoms with Gasteiger partial charge in [-0.1, -0.05) is 146 Å². The summed E-state index contributed by atoms with van der Waals surface area (Å²) in [6.07, 6.45) is 0. The molecule has 0 unspecified atom stereocenters. The smallest absolute Gasteiger partial charge is 0.164 e. The minimum atomic E-state index is 0.570. The summed E-state index contributed by atoms with van der Waals surface area (Å²) in [6, 6.07) is 63.3. The number of hydrogen-bond donors (Lipinski definition) is 0. The van der Waals surface area contributed by atoms with Gasteiger partial charge in [-0.3, -0.25) is 0 Å². The fourth-order valence-corrected chi connectivity index (χ4v) is 7.85. The zero-order valence-corrected chi connectivity index (χ0v) is 29.0. The summed E-state index contributed by atoms with van der Waals surface area (Å²) in [5, 5.41) is 6.88. The third-order valence-corrected chi connectivity index (χ3v) is 10.4. The van der Waals surface area contributed by atoms with Gasteiger partial charge in [0.05, 0.1) is 22.1 Å². The molecule has 54 heavy (non-hydrogen) atoms. The molecule has 0 spiro atoms. The van der Waals surface area contributed by atoms with E-state index in [1.165, 1.54) is 21.5 Å². The molecule has 5 heteroatoms. The van der Waals surface area contributed by atoms with Crippen molar-refractivity contribution in [2.24, 2.45) is 0 Å². The van der Waals surface area contributed by atoms with Gasteiger partial charge >= 0.3 is 0 Å². The summed E-state index contributed by atoms with van der Waals surface area (Å²) in [5.41, 5.74) is 9.81. The highest BCUT2D eigenvalue weighted by Gasteiger charge is 2.22. The number of rotatable bonds is 5. The number of benzene rings is 8. The first-order chi connectivity index (χ1) is 26.7. The zero-order chi connectivity index (χ0) is 35.6. The summed E-state index contributed by atoms with van der Waals surface area (Å²) in [5.74, 6) is 1.78. The molecule has 3 aromatic heterocycles. The van der Waals surface area contributed by atoms with Crippen LogP contribution in [-0.4, -0.2) is 19.5 Å². The lowest BCUT2D eigenvalue weighted by Crippen LogP contribution is -2.01. The molecule has 0 bridgehead atoms. The van der Waals surface area contributed by atoms with Crippen LogP contribution in [0.15, 0.2) is 186 Å². The van der Waals surface area contributed by atoms with E-state index in [1.54, 1.807) is 0 Å². The number of aromatic nitrogens is 4. The van der Waals surface area contributed by atoms with Crippen LogP contribution in [0.2, 0.25) is 0 Å². The lowest BCUT2D eigenvalue weighted by Gasteiger charge is -2.13. The summed E-state index contributed by atoms with van der Waals surface area (Å²) < 4.78 is 9.03. The van der Waals surface area contributed by atoms with E-state index in [4.69, 9.17) is 19.4 Å². The minimum absolute atomic E-state index is 0.570. The Labute approximate surface area is 310 Å². The van der Waals surface area contributed by atoms with E-state index >= 15 is 0 Å². The van der Waals surface area contributed by atoms with E-state index in [9.17, 15) is 0 Å². The maximum absolute atomic E-state index is 6.65. The highest BCUT2D eigenvalue weighted by Crippen LogP contribution is 2.42. The van der Waals surface area contributed by atoms with Gasteiger partial charge in [-0.05, 0) is 58.3 Å². The standard InChI is InChI=1S/C49H30N4O/c1-3-13-31(14-4-1)32-23-25-34(26-24-32)48-50-47(33-15-5-2-6-16-33)51-49(52-48)37-29-43(46-39-20-10-12-22-44(39)54-45(46)30-37)53-41-21-11-9-19-38(41)40-27-35-17-7-8-18-36(35)28-42(40)53/h1-30H. The highest BCUT2D eigenvalue weighted by atomic mass is 16.3. The second-order valence-corrected chi connectivity index (χ2v) is 13.7. The van der Waals surface area contributed by atoms with Crippen LogP contribution in [0.3, 0.4) is 0 Å². The van der Waals surface area contributed by atoms with Crippen LogP contribution in [0.5, 0.6) is 0 Å². The van der Waals surface area contributed by atoms with Crippen LogP contribution in [-0.2, 0) is 0 Å². The van der Waals surface area contributed by atoms with Crippen LogP contribution in [0.25, 0.3) is 105 Å². The largest absolute Gasteiger partial charge is 0.456 e. The molecule has 11 aromatic rings. The van der Waals surface area contributed by atoms with Crippen molar-refractivity contribution in [3.63, 3.8) is 0 Å². The Kier molecular flexibility index (Phi) is 6.79. The maximum atomic E-state index is 6.65. The van der Waals surface area contributed by atoms with Gasteiger partial charge in [0, 0.05) is 32.8 Å². The number of hydrogen-bond acceptors (Lipinski definition) is 4. The molecule has 5 nitrogen and oxygen atoms in total. The van der Waals surface area contributed by atoms with Crippen molar-refractivity contribution in [3.8, 4) is 51.0 Å². The Morgan fingerprint density at radius 3 is 1.63 bits per heavy atom. The number of nitrogens with zero attached hydrogens (tertiary/aromatic N) is 4. The molecule has 0 aliphatic heterocycles. The van der Waals surface area contributed by atoms with E-state index in [-0.39, 0.29) is 0 Å². The quantitative estimate of drug-likeness (QED) is 0.180. The summed E-state index contributed by atoms with van der Waals surface area (Å²) >= 11 is 0. The molecular formula is C49H30N4O. The third-order valence-electron chi connectivity index (χ3n) is 10.4. The molecule has 0 amide bonds. The number of para-hydroxylation sites is 2. The molecular weight excluding hydrogens is 661 g/mol. The van der Waals surface area contributed by atoms with Crippen molar-refractivity contribution in [1.82, 2.24) is 19.5 Å². The van der Waals surface area contributed by atoms with E-state index < -0.39 is 0 Å². The number of furan rings is 1. The molecule has 11 rings (SSSR count). The van der Waals surface area contributed by atoms with Crippen molar-refractivity contribution in [1.29, 1.82) is 0 Å². The van der Waals surface area contributed by atoms with Gasteiger partial charge in [-0.2, -0.15) is 0 Å². The van der Waals surface area contributed by atoms with Crippen molar-refractivity contribution in [3.05, 3.63) is 182 Å². The second-order valence-electron chi connectivity index (χ2n) is 13.7. The first kappa shape index (κ1) is 30.3. The van der Waals surface area contributed by atoms with Gasteiger partial charge in [-0.25, -0.2) is 15.0 Å². The first-order valence-corrected chi connectivity index (χ1v) is 18.1. The Morgan fingerprint density at radius 2 is 0.889 bits per heavy atom. The predicted octanol–water partition coefficient (Wildman–Crippen LogP) is 12.7. The van der Waals surface area contributed by atoms with Gasteiger partial charge in [-0.15, -0.1) is 0 Å². The number of fused-ring (bicyclic) bond motifs is 7. The van der Waals surface area contributed by atoms with E-state index in [2.05, 4.69) is 138 Å². The average Bonchev–Trinajstić information content (AvgIpc) is 3.78. The molecule has 0 saturated heterocycles. The zero-order valence-electron chi connectivity index (χ0n) is 29.0. The molecule has 0 aliphatic rings. The minimum Gasteiger partial charge on any atom is -0.456 e. The molecule has 0 N–H and O–H groups in total. The average molecular weight is 691 g/mol.